The third kappa shape index (κ3) is 4.51. The van der Waals surface area contributed by atoms with Gasteiger partial charge in [-0.05, 0) is 35.9 Å². The number of hydrogen-bond donors (Lipinski definition) is 1. The molecular weight excluding hydrogens is 263 g/mol. The molecule has 2 nitrogen and oxygen atoms in total. The van der Waals surface area contributed by atoms with Gasteiger partial charge in [-0.1, -0.05) is 12.1 Å². The summed E-state index contributed by atoms with van der Waals surface area (Å²) in [7, 11) is 0. The van der Waals surface area contributed by atoms with Crippen molar-refractivity contribution in [1.82, 2.24) is 5.32 Å². The molecule has 0 amide bonds. The van der Waals surface area contributed by atoms with Gasteiger partial charge >= 0.3 is 5.51 Å². The molecule has 0 spiro atoms. The molecule has 1 unspecified atom stereocenters. The fraction of sp³-hybridized carbons (Fsp3) is 0.500. The first kappa shape index (κ1) is 13.7. The van der Waals surface area contributed by atoms with E-state index in [4.69, 9.17) is 4.74 Å². The summed E-state index contributed by atoms with van der Waals surface area (Å²) in [5, 5.41) is 3.31. The van der Waals surface area contributed by atoms with E-state index in [1.165, 1.54) is 12.1 Å². The van der Waals surface area contributed by atoms with Crippen LogP contribution < -0.4 is 5.32 Å². The van der Waals surface area contributed by atoms with Gasteiger partial charge in [0.15, 0.2) is 0 Å². The molecular formula is C12H14F3NOS. The summed E-state index contributed by atoms with van der Waals surface area (Å²) in [6.07, 6.45) is 0.988. The van der Waals surface area contributed by atoms with Crippen LogP contribution in [0.4, 0.5) is 13.2 Å². The summed E-state index contributed by atoms with van der Waals surface area (Å²) >= 11 is -0.0876. The van der Waals surface area contributed by atoms with Crippen molar-refractivity contribution < 1.29 is 17.9 Å². The van der Waals surface area contributed by atoms with Crippen molar-refractivity contribution in [2.45, 2.75) is 29.4 Å². The SMILES string of the molecule is FC(F)(F)Sc1ccc(CNC2CCOC2)cc1. The van der Waals surface area contributed by atoms with Crippen LogP contribution in [0.1, 0.15) is 12.0 Å². The monoisotopic (exact) mass is 277 g/mol. The van der Waals surface area contributed by atoms with Gasteiger partial charge in [-0.25, -0.2) is 0 Å². The van der Waals surface area contributed by atoms with Crippen molar-refractivity contribution in [1.29, 1.82) is 0 Å². The van der Waals surface area contributed by atoms with E-state index >= 15 is 0 Å². The normalized spacial score (nSPS) is 20.3. The lowest BCUT2D eigenvalue weighted by Crippen LogP contribution is -2.28. The molecule has 6 heteroatoms. The van der Waals surface area contributed by atoms with Crippen LogP contribution >= 0.6 is 11.8 Å². The van der Waals surface area contributed by atoms with Gasteiger partial charge in [-0.3, -0.25) is 0 Å². The van der Waals surface area contributed by atoms with Crippen LogP contribution in [0.15, 0.2) is 29.2 Å². The summed E-state index contributed by atoms with van der Waals surface area (Å²) in [6.45, 7) is 2.14. The largest absolute Gasteiger partial charge is 0.446 e. The quantitative estimate of drug-likeness (QED) is 0.854. The molecule has 0 aliphatic carbocycles. The van der Waals surface area contributed by atoms with Gasteiger partial charge in [-0.15, -0.1) is 0 Å². The number of hydrogen-bond acceptors (Lipinski definition) is 3. The van der Waals surface area contributed by atoms with E-state index in [9.17, 15) is 13.2 Å². The van der Waals surface area contributed by atoms with E-state index in [0.717, 1.165) is 18.6 Å². The van der Waals surface area contributed by atoms with Crippen molar-refractivity contribution in [3.05, 3.63) is 29.8 Å². The highest BCUT2D eigenvalue weighted by Crippen LogP contribution is 2.36. The van der Waals surface area contributed by atoms with Crippen LogP contribution in [0.2, 0.25) is 0 Å². The van der Waals surface area contributed by atoms with Gasteiger partial charge in [0.25, 0.3) is 0 Å². The molecule has 100 valence electrons. The topological polar surface area (TPSA) is 21.3 Å². The number of rotatable bonds is 4. The second kappa shape index (κ2) is 5.95. The van der Waals surface area contributed by atoms with Crippen molar-refractivity contribution in [3.8, 4) is 0 Å². The summed E-state index contributed by atoms with van der Waals surface area (Å²) in [5.41, 5.74) is -3.24. The number of halogens is 3. The molecule has 1 N–H and O–H groups in total. The van der Waals surface area contributed by atoms with Crippen LogP contribution in [0, 0.1) is 0 Å². The number of benzene rings is 1. The Kier molecular flexibility index (Phi) is 4.53. The summed E-state index contributed by atoms with van der Waals surface area (Å²) in [4.78, 5) is 0.218. The Morgan fingerprint density at radius 2 is 2.00 bits per heavy atom. The average Bonchev–Trinajstić information content (AvgIpc) is 2.79. The lowest BCUT2D eigenvalue weighted by atomic mass is 10.2. The molecule has 0 radical (unpaired) electrons. The first-order chi connectivity index (χ1) is 8.53. The van der Waals surface area contributed by atoms with E-state index < -0.39 is 5.51 Å². The zero-order valence-electron chi connectivity index (χ0n) is 9.67. The smallest absolute Gasteiger partial charge is 0.380 e. The molecule has 1 aromatic rings. The van der Waals surface area contributed by atoms with Gasteiger partial charge in [0, 0.05) is 24.1 Å². The fourth-order valence-electron chi connectivity index (χ4n) is 1.77. The average molecular weight is 277 g/mol. The van der Waals surface area contributed by atoms with Crippen molar-refractivity contribution >= 4 is 11.8 Å². The number of thioether (sulfide) groups is 1. The highest BCUT2D eigenvalue weighted by Gasteiger charge is 2.28. The fourth-order valence-corrected chi connectivity index (χ4v) is 2.31. The summed E-state index contributed by atoms with van der Waals surface area (Å²) < 4.78 is 41.6. The molecule has 1 heterocycles. The number of nitrogens with one attached hydrogen (secondary N) is 1. The first-order valence-corrected chi connectivity index (χ1v) is 6.50. The molecule has 18 heavy (non-hydrogen) atoms. The summed E-state index contributed by atoms with van der Waals surface area (Å²) in [6, 6.07) is 6.79. The Bertz CT molecular complexity index is 374. The van der Waals surface area contributed by atoms with Crippen LogP contribution in [-0.2, 0) is 11.3 Å². The maximum Gasteiger partial charge on any atom is 0.446 e. The van der Waals surface area contributed by atoms with E-state index in [0.29, 0.717) is 19.2 Å². The predicted molar refractivity (Wildman–Crippen MR) is 64.4 cm³/mol. The van der Waals surface area contributed by atoms with Crippen LogP contribution in [0.5, 0.6) is 0 Å². The van der Waals surface area contributed by atoms with Gasteiger partial charge in [-0.2, -0.15) is 13.2 Å². The minimum atomic E-state index is -4.22. The molecule has 0 aromatic heterocycles. The molecule has 1 aromatic carbocycles. The van der Waals surface area contributed by atoms with Gasteiger partial charge in [0.05, 0.1) is 6.61 Å². The first-order valence-electron chi connectivity index (χ1n) is 5.69. The van der Waals surface area contributed by atoms with Crippen molar-refractivity contribution in [2.24, 2.45) is 0 Å². The third-order valence-corrected chi connectivity index (χ3v) is 3.42. The maximum atomic E-state index is 12.1. The predicted octanol–water partition coefficient (Wildman–Crippen LogP) is 3.18. The molecule has 1 fully saturated rings. The summed E-state index contributed by atoms with van der Waals surface area (Å²) in [5.74, 6) is 0. The van der Waals surface area contributed by atoms with E-state index in [1.807, 2.05) is 0 Å². The Hall–Kier alpha value is -0.720. The molecule has 0 bridgehead atoms. The standard InChI is InChI=1S/C12H14F3NOS/c13-12(14,15)18-11-3-1-9(2-4-11)7-16-10-5-6-17-8-10/h1-4,10,16H,5-8H2. The van der Waals surface area contributed by atoms with E-state index in [1.54, 1.807) is 12.1 Å². The van der Waals surface area contributed by atoms with Gasteiger partial charge in [0.2, 0.25) is 0 Å². The van der Waals surface area contributed by atoms with Crippen molar-refractivity contribution in [3.63, 3.8) is 0 Å². The third-order valence-electron chi connectivity index (χ3n) is 2.68. The Balaban J connectivity index is 1.83. The van der Waals surface area contributed by atoms with Gasteiger partial charge < -0.3 is 10.1 Å². The minimum Gasteiger partial charge on any atom is -0.380 e. The van der Waals surface area contributed by atoms with E-state index in [2.05, 4.69) is 5.32 Å². The highest BCUT2D eigenvalue weighted by molar-refractivity contribution is 8.00. The van der Waals surface area contributed by atoms with Gasteiger partial charge in [0.1, 0.15) is 0 Å². The van der Waals surface area contributed by atoms with Crippen LogP contribution in [0.3, 0.4) is 0 Å². The second-order valence-electron chi connectivity index (χ2n) is 4.13. The Morgan fingerprint density at radius 3 is 2.56 bits per heavy atom. The molecule has 1 aliphatic rings. The maximum absolute atomic E-state index is 12.1. The van der Waals surface area contributed by atoms with Crippen LogP contribution in [0.25, 0.3) is 0 Å². The number of alkyl halides is 3. The highest BCUT2D eigenvalue weighted by atomic mass is 32.2. The minimum absolute atomic E-state index is 0.0876. The lowest BCUT2D eigenvalue weighted by Gasteiger charge is -2.11. The lowest BCUT2D eigenvalue weighted by molar-refractivity contribution is -0.0328. The Morgan fingerprint density at radius 1 is 1.28 bits per heavy atom. The molecule has 1 saturated heterocycles. The van der Waals surface area contributed by atoms with Crippen molar-refractivity contribution in [2.75, 3.05) is 13.2 Å². The zero-order chi connectivity index (χ0) is 13.0. The molecule has 2 rings (SSSR count). The van der Waals surface area contributed by atoms with Crippen LogP contribution in [-0.4, -0.2) is 24.8 Å². The molecule has 1 aliphatic heterocycles. The number of ether oxygens (including phenoxy) is 1. The molecule has 1 atom stereocenters. The Labute approximate surface area is 108 Å². The zero-order valence-corrected chi connectivity index (χ0v) is 10.5. The second-order valence-corrected chi connectivity index (χ2v) is 5.27. The van der Waals surface area contributed by atoms with E-state index in [-0.39, 0.29) is 16.7 Å². The molecule has 0 saturated carbocycles.